The van der Waals surface area contributed by atoms with E-state index in [-0.39, 0.29) is 11.4 Å². The second kappa shape index (κ2) is 5.33. The first-order valence-electron chi connectivity index (χ1n) is 7.77. The number of aliphatic hydroxyl groups excluding tert-OH is 1. The number of carbonyl (C=O) groups excluding carboxylic acids is 1. The Hall–Kier alpha value is -1.56. The molecule has 1 aliphatic heterocycles. The first-order valence-corrected chi connectivity index (χ1v) is 7.77. The number of anilines is 1. The van der Waals surface area contributed by atoms with Crippen LogP contribution < -0.4 is 4.90 Å². The Morgan fingerprint density at radius 3 is 2.71 bits per heavy atom. The average molecular weight is 293 g/mol. The number of rotatable bonds is 3. The van der Waals surface area contributed by atoms with E-state index in [1.165, 1.54) is 29.1 Å². The van der Waals surface area contributed by atoms with E-state index >= 15 is 0 Å². The molecular weight excluding hydrogens is 270 g/mol. The van der Waals surface area contributed by atoms with Gasteiger partial charge < -0.3 is 14.5 Å². The number of aromatic nitrogens is 1. The summed E-state index contributed by atoms with van der Waals surface area (Å²) in [6.07, 6.45) is 6.05. The van der Waals surface area contributed by atoms with Gasteiger partial charge in [-0.25, -0.2) is 9.69 Å². The van der Waals surface area contributed by atoms with Gasteiger partial charge in [-0.05, 0) is 19.3 Å². The summed E-state index contributed by atoms with van der Waals surface area (Å²) in [5, 5.41) is 14.1. The van der Waals surface area contributed by atoms with Gasteiger partial charge in [-0.1, -0.05) is 31.3 Å². The maximum Gasteiger partial charge on any atom is 0.327 e. The van der Waals surface area contributed by atoms with Crippen molar-refractivity contribution in [2.24, 2.45) is 0 Å². The predicted molar refractivity (Wildman–Crippen MR) is 78.1 cm³/mol. The lowest BCUT2D eigenvalue weighted by Crippen LogP contribution is -2.34. The lowest BCUT2D eigenvalue weighted by Gasteiger charge is -2.33. The molecule has 6 nitrogen and oxygen atoms in total. The zero-order chi connectivity index (χ0) is 15.0. The first kappa shape index (κ1) is 14.4. The third kappa shape index (κ3) is 2.31. The zero-order valence-electron chi connectivity index (χ0n) is 12.7. The van der Waals surface area contributed by atoms with Crippen LogP contribution in [0, 0.1) is 0 Å². The third-order valence-corrected chi connectivity index (χ3v) is 5.02. The van der Waals surface area contributed by atoms with Crippen LogP contribution in [0.25, 0.3) is 0 Å². The van der Waals surface area contributed by atoms with Crippen LogP contribution in [0.5, 0.6) is 0 Å². The number of amides is 2. The van der Waals surface area contributed by atoms with E-state index in [0.717, 1.165) is 25.0 Å². The molecule has 3 rings (SSSR count). The molecule has 1 aromatic rings. The molecule has 21 heavy (non-hydrogen) atoms. The van der Waals surface area contributed by atoms with E-state index in [1.807, 2.05) is 6.07 Å². The fourth-order valence-corrected chi connectivity index (χ4v) is 3.60. The number of urea groups is 1. The van der Waals surface area contributed by atoms with Crippen molar-refractivity contribution in [2.75, 3.05) is 18.5 Å². The Bertz CT molecular complexity index is 522. The molecule has 1 atom stereocenters. The first-order chi connectivity index (χ1) is 10.1. The molecule has 2 aliphatic rings. The number of likely N-dealkylation sites (N-methyl/N-ethyl adjacent to an activating group) is 1. The minimum Gasteiger partial charge on any atom is -0.371 e. The van der Waals surface area contributed by atoms with Crippen molar-refractivity contribution < 1.29 is 14.4 Å². The standard InChI is InChI=1S/C15H23N3O3/c1-3-15(7-5-4-6-8-15)11-9-12(16-21-11)18-13(19)10-17(2)14(18)20/h9,13,19H,3-8,10H2,1-2H3. The van der Waals surface area contributed by atoms with Crippen LogP contribution in [0.4, 0.5) is 10.6 Å². The van der Waals surface area contributed by atoms with E-state index in [9.17, 15) is 9.90 Å². The maximum atomic E-state index is 12.1. The van der Waals surface area contributed by atoms with Gasteiger partial charge in [0.15, 0.2) is 12.0 Å². The van der Waals surface area contributed by atoms with E-state index in [1.54, 1.807) is 7.05 Å². The summed E-state index contributed by atoms with van der Waals surface area (Å²) in [5.74, 6) is 1.28. The molecule has 2 heterocycles. The van der Waals surface area contributed by atoms with Crippen molar-refractivity contribution in [1.29, 1.82) is 0 Å². The van der Waals surface area contributed by atoms with E-state index in [2.05, 4.69) is 12.1 Å². The normalized spacial score (nSPS) is 25.7. The van der Waals surface area contributed by atoms with Crippen LogP contribution >= 0.6 is 0 Å². The molecule has 6 heteroatoms. The van der Waals surface area contributed by atoms with Gasteiger partial charge in [-0.3, -0.25) is 0 Å². The molecule has 116 valence electrons. The highest BCUT2D eigenvalue weighted by molar-refractivity contribution is 5.93. The predicted octanol–water partition coefficient (Wildman–Crippen LogP) is 2.48. The highest BCUT2D eigenvalue weighted by atomic mass is 16.5. The highest BCUT2D eigenvalue weighted by Crippen LogP contribution is 2.43. The Labute approximate surface area is 124 Å². The summed E-state index contributed by atoms with van der Waals surface area (Å²) >= 11 is 0. The van der Waals surface area contributed by atoms with Crippen LogP contribution in [0.2, 0.25) is 0 Å². The molecule has 0 spiro atoms. The molecule has 0 aromatic carbocycles. The smallest absolute Gasteiger partial charge is 0.327 e. The van der Waals surface area contributed by atoms with Crippen LogP contribution in [0.3, 0.4) is 0 Å². The van der Waals surface area contributed by atoms with Crippen LogP contribution in [-0.4, -0.2) is 41.0 Å². The summed E-state index contributed by atoms with van der Waals surface area (Å²) in [6.45, 7) is 2.47. The molecule has 2 fully saturated rings. The molecule has 1 saturated carbocycles. The summed E-state index contributed by atoms with van der Waals surface area (Å²) < 4.78 is 5.57. The summed E-state index contributed by atoms with van der Waals surface area (Å²) in [7, 11) is 1.67. The molecule has 1 saturated heterocycles. The molecule has 1 N–H and O–H groups in total. The van der Waals surface area contributed by atoms with E-state index in [4.69, 9.17) is 4.52 Å². The van der Waals surface area contributed by atoms with Crippen molar-refractivity contribution in [3.05, 3.63) is 11.8 Å². The van der Waals surface area contributed by atoms with Crippen LogP contribution in [-0.2, 0) is 5.41 Å². The van der Waals surface area contributed by atoms with Gasteiger partial charge in [0.25, 0.3) is 0 Å². The fraction of sp³-hybridized carbons (Fsp3) is 0.733. The molecule has 0 radical (unpaired) electrons. The minimum atomic E-state index is -0.857. The Balaban J connectivity index is 1.87. The van der Waals surface area contributed by atoms with Gasteiger partial charge in [0.2, 0.25) is 0 Å². The number of aliphatic hydroxyl groups is 1. The summed E-state index contributed by atoms with van der Waals surface area (Å²) in [6, 6.07) is 1.60. The fourth-order valence-electron chi connectivity index (χ4n) is 3.60. The monoisotopic (exact) mass is 293 g/mol. The van der Waals surface area contributed by atoms with Crippen molar-refractivity contribution in [2.45, 2.75) is 57.1 Å². The molecule has 2 amide bonds. The highest BCUT2D eigenvalue weighted by Gasteiger charge is 2.40. The van der Waals surface area contributed by atoms with Crippen molar-refractivity contribution in [3.63, 3.8) is 0 Å². The quantitative estimate of drug-likeness (QED) is 0.929. The van der Waals surface area contributed by atoms with Crippen molar-refractivity contribution in [1.82, 2.24) is 10.1 Å². The van der Waals surface area contributed by atoms with Gasteiger partial charge in [0.05, 0.1) is 6.54 Å². The zero-order valence-corrected chi connectivity index (χ0v) is 12.7. The Morgan fingerprint density at radius 1 is 1.43 bits per heavy atom. The second-order valence-electron chi connectivity index (χ2n) is 6.26. The van der Waals surface area contributed by atoms with Gasteiger partial charge in [0.1, 0.15) is 5.76 Å². The van der Waals surface area contributed by atoms with E-state index < -0.39 is 6.23 Å². The van der Waals surface area contributed by atoms with E-state index in [0.29, 0.717) is 12.4 Å². The van der Waals surface area contributed by atoms with Crippen molar-refractivity contribution in [3.8, 4) is 0 Å². The van der Waals surface area contributed by atoms with Crippen LogP contribution in [0.15, 0.2) is 10.6 Å². The lowest BCUT2D eigenvalue weighted by atomic mass is 9.70. The number of hydrogen-bond donors (Lipinski definition) is 1. The Kier molecular flexibility index (Phi) is 3.65. The molecule has 1 aliphatic carbocycles. The SMILES string of the molecule is CCC1(c2cc(N3C(=O)N(C)CC3O)no2)CCCCC1. The third-order valence-electron chi connectivity index (χ3n) is 5.02. The maximum absolute atomic E-state index is 12.1. The topological polar surface area (TPSA) is 69.8 Å². The van der Waals surface area contributed by atoms with Crippen LogP contribution in [0.1, 0.15) is 51.2 Å². The molecule has 1 aromatic heterocycles. The minimum absolute atomic E-state index is 0.0448. The summed E-state index contributed by atoms with van der Waals surface area (Å²) in [4.78, 5) is 14.8. The summed E-state index contributed by atoms with van der Waals surface area (Å²) in [5.41, 5.74) is 0.0448. The van der Waals surface area contributed by atoms with Gasteiger partial charge >= 0.3 is 6.03 Å². The Morgan fingerprint density at radius 2 is 2.14 bits per heavy atom. The number of hydrogen-bond acceptors (Lipinski definition) is 4. The number of carbonyl (C=O) groups is 1. The van der Waals surface area contributed by atoms with Gasteiger partial charge in [0, 0.05) is 18.5 Å². The second-order valence-corrected chi connectivity index (χ2v) is 6.26. The number of nitrogens with zero attached hydrogens (tertiary/aromatic N) is 3. The average Bonchev–Trinajstić information content (AvgIpc) is 3.06. The largest absolute Gasteiger partial charge is 0.371 e. The number of β-amino-alcohol motifs (C(OH)–C–C–N with tert-alkyl or cyclic N) is 1. The molecular formula is C15H23N3O3. The van der Waals surface area contributed by atoms with Gasteiger partial charge in [-0.15, -0.1) is 0 Å². The molecule has 1 unspecified atom stereocenters. The lowest BCUT2D eigenvalue weighted by molar-refractivity contribution is 0.182. The molecule has 0 bridgehead atoms. The van der Waals surface area contributed by atoms with Crippen molar-refractivity contribution >= 4 is 11.8 Å². The van der Waals surface area contributed by atoms with Gasteiger partial charge in [-0.2, -0.15) is 0 Å².